The van der Waals surface area contributed by atoms with Gasteiger partial charge in [-0.25, -0.2) is 9.59 Å². The maximum absolute atomic E-state index is 11.4. The Kier molecular flexibility index (Phi) is 7.18. The van der Waals surface area contributed by atoms with Crippen molar-refractivity contribution in [3.63, 3.8) is 0 Å². The van der Waals surface area contributed by atoms with Gasteiger partial charge in [-0.05, 0) is 26.7 Å². The fraction of sp³-hybridized carbons (Fsp3) is 0.538. The van der Waals surface area contributed by atoms with Gasteiger partial charge in [-0.1, -0.05) is 32.4 Å². The smallest absolute Gasteiger partial charge is 0.341 e. The zero-order valence-electron chi connectivity index (χ0n) is 10.3. The van der Waals surface area contributed by atoms with Crippen LogP contribution in [-0.2, 0) is 14.3 Å². The Morgan fingerprint density at radius 2 is 1.81 bits per heavy atom. The number of carbonyl (C=O) groups is 2. The molecule has 0 N–H and O–H groups in total. The van der Waals surface area contributed by atoms with Crippen molar-refractivity contribution < 1.29 is 14.3 Å². The third-order valence-electron chi connectivity index (χ3n) is 2.11. The van der Waals surface area contributed by atoms with E-state index in [0.717, 1.165) is 25.7 Å². The zero-order chi connectivity index (χ0) is 12.6. The van der Waals surface area contributed by atoms with Crippen molar-refractivity contribution >= 4 is 11.9 Å². The fourth-order valence-corrected chi connectivity index (χ4v) is 1.05. The average Bonchev–Trinajstić information content (AvgIpc) is 2.23. The number of esters is 2. The summed E-state index contributed by atoms with van der Waals surface area (Å²) in [5.74, 6) is -1.24. The van der Waals surface area contributed by atoms with Crippen molar-refractivity contribution in [2.24, 2.45) is 0 Å². The van der Waals surface area contributed by atoms with Gasteiger partial charge in [0, 0.05) is 11.1 Å². The first-order valence-electron chi connectivity index (χ1n) is 5.57. The molecule has 0 fully saturated rings. The molecule has 3 heteroatoms. The fourth-order valence-electron chi connectivity index (χ4n) is 1.05. The van der Waals surface area contributed by atoms with Gasteiger partial charge in [0.2, 0.25) is 0 Å². The number of rotatable bonds is 6. The molecule has 0 aromatic carbocycles. The van der Waals surface area contributed by atoms with Gasteiger partial charge in [0.15, 0.2) is 0 Å². The number of unbranched alkanes of at least 4 members (excludes halogenated alkanes) is 3. The van der Waals surface area contributed by atoms with Crippen LogP contribution in [0.25, 0.3) is 0 Å². The molecule has 0 aromatic heterocycles. The summed E-state index contributed by atoms with van der Waals surface area (Å²) >= 11 is 0. The van der Waals surface area contributed by atoms with E-state index >= 15 is 0 Å². The van der Waals surface area contributed by atoms with Gasteiger partial charge in [-0.2, -0.15) is 0 Å². The highest BCUT2D eigenvalue weighted by molar-refractivity contribution is 6.00. The average molecular weight is 224 g/mol. The third kappa shape index (κ3) is 6.17. The van der Waals surface area contributed by atoms with Crippen LogP contribution in [0.15, 0.2) is 23.8 Å². The highest BCUT2D eigenvalue weighted by Crippen LogP contribution is 2.05. The minimum absolute atomic E-state index is 0.229. The summed E-state index contributed by atoms with van der Waals surface area (Å²) in [7, 11) is 0. The van der Waals surface area contributed by atoms with Crippen molar-refractivity contribution in [1.82, 2.24) is 0 Å². The molecular weight excluding hydrogens is 204 g/mol. The predicted molar refractivity (Wildman–Crippen MR) is 63.8 cm³/mol. The Hall–Kier alpha value is -1.38. The number of hydrogen-bond donors (Lipinski definition) is 0. The first-order valence-corrected chi connectivity index (χ1v) is 5.57. The first kappa shape index (κ1) is 14.6. The van der Waals surface area contributed by atoms with Gasteiger partial charge in [0.25, 0.3) is 0 Å². The standard InChI is InChI=1S/C13H20O3/c1-5-6-7-8-9-11(4)13(15)16-12(14)10(2)3/h9H,2,5-8H2,1,3-4H3. The predicted octanol–water partition coefficient (Wildman–Crippen LogP) is 3.16. The second-order valence-electron chi connectivity index (χ2n) is 3.84. The molecule has 0 bridgehead atoms. The Labute approximate surface area is 97.2 Å². The minimum Gasteiger partial charge on any atom is -0.386 e. The molecule has 0 spiro atoms. The molecule has 0 saturated heterocycles. The molecule has 0 aliphatic rings. The summed E-state index contributed by atoms with van der Waals surface area (Å²) in [5.41, 5.74) is 0.706. The van der Waals surface area contributed by atoms with Crippen LogP contribution in [0.4, 0.5) is 0 Å². The summed E-state index contributed by atoms with van der Waals surface area (Å²) in [5, 5.41) is 0. The SMILES string of the molecule is C=C(C)C(=O)OC(=O)C(C)=CCCCCC. The Balaban J connectivity index is 4.07. The summed E-state index contributed by atoms with van der Waals surface area (Å²) < 4.78 is 4.58. The monoisotopic (exact) mass is 224 g/mol. The normalized spacial score (nSPS) is 11.1. The lowest BCUT2D eigenvalue weighted by atomic mass is 10.1. The van der Waals surface area contributed by atoms with Crippen molar-refractivity contribution in [1.29, 1.82) is 0 Å². The molecule has 0 heterocycles. The van der Waals surface area contributed by atoms with Gasteiger partial charge in [0.05, 0.1) is 0 Å². The van der Waals surface area contributed by atoms with E-state index in [0.29, 0.717) is 5.57 Å². The second-order valence-corrected chi connectivity index (χ2v) is 3.84. The Bertz CT molecular complexity index is 300. The first-order chi connectivity index (χ1) is 7.49. The van der Waals surface area contributed by atoms with Crippen molar-refractivity contribution in [3.8, 4) is 0 Å². The Morgan fingerprint density at radius 3 is 2.31 bits per heavy atom. The quantitative estimate of drug-likeness (QED) is 0.301. The van der Waals surface area contributed by atoms with Gasteiger partial charge in [0.1, 0.15) is 0 Å². The highest BCUT2D eigenvalue weighted by Gasteiger charge is 2.12. The topological polar surface area (TPSA) is 43.4 Å². The third-order valence-corrected chi connectivity index (χ3v) is 2.11. The van der Waals surface area contributed by atoms with Crippen LogP contribution in [0.2, 0.25) is 0 Å². The number of allylic oxidation sites excluding steroid dienone is 1. The van der Waals surface area contributed by atoms with E-state index in [1.807, 2.05) is 6.08 Å². The molecule has 0 aliphatic heterocycles. The van der Waals surface area contributed by atoms with Crippen LogP contribution in [0.1, 0.15) is 46.5 Å². The molecule has 0 aliphatic carbocycles. The van der Waals surface area contributed by atoms with E-state index < -0.39 is 11.9 Å². The Morgan fingerprint density at radius 1 is 1.19 bits per heavy atom. The van der Waals surface area contributed by atoms with E-state index in [4.69, 9.17) is 0 Å². The van der Waals surface area contributed by atoms with Crippen LogP contribution in [0.5, 0.6) is 0 Å². The van der Waals surface area contributed by atoms with Gasteiger partial charge in [-0.15, -0.1) is 0 Å². The van der Waals surface area contributed by atoms with E-state index in [1.54, 1.807) is 6.92 Å². The number of hydrogen-bond acceptors (Lipinski definition) is 3. The zero-order valence-corrected chi connectivity index (χ0v) is 10.3. The van der Waals surface area contributed by atoms with E-state index in [-0.39, 0.29) is 5.57 Å². The van der Waals surface area contributed by atoms with Crippen LogP contribution in [-0.4, -0.2) is 11.9 Å². The van der Waals surface area contributed by atoms with Crippen molar-refractivity contribution in [2.45, 2.75) is 46.5 Å². The molecule has 16 heavy (non-hydrogen) atoms. The molecule has 0 radical (unpaired) electrons. The summed E-state index contributed by atoms with van der Waals surface area (Å²) in [4.78, 5) is 22.4. The molecule has 0 unspecified atom stereocenters. The molecule has 0 saturated carbocycles. The minimum atomic E-state index is -0.661. The highest BCUT2D eigenvalue weighted by atomic mass is 16.6. The van der Waals surface area contributed by atoms with E-state index in [2.05, 4.69) is 18.2 Å². The van der Waals surface area contributed by atoms with E-state index in [1.165, 1.54) is 6.92 Å². The maximum atomic E-state index is 11.4. The van der Waals surface area contributed by atoms with Crippen LogP contribution in [0, 0.1) is 0 Å². The van der Waals surface area contributed by atoms with Gasteiger partial charge in [-0.3, -0.25) is 0 Å². The lowest BCUT2D eigenvalue weighted by Gasteiger charge is -2.02. The molecule has 0 amide bonds. The van der Waals surface area contributed by atoms with Crippen LogP contribution >= 0.6 is 0 Å². The van der Waals surface area contributed by atoms with Crippen LogP contribution in [0.3, 0.4) is 0 Å². The molecule has 90 valence electrons. The van der Waals surface area contributed by atoms with Crippen molar-refractivity contribution in [2.75, 3.05) is 0 Å². The number of carbonyl (C=O) groups excluding carboxylic acids is 2. The molecular formula is C13H20O3. The summed E-state index contributed by atoms with van der Waals surface area (Å²) in [6.45, 7) is 8.69. The maximum Gasteiger partial charge on any atom is 0.341 e. The number of ether oxygens (including phenoxy) is 1. The van der Waals surface area contributed by atoms with E-state index in [9.17, 15) is 9.59 Å². The van der Waals surface area contributed by atoms with Gasteiger partial charge < -0.3 is 4.74 Å². The molecule has 0 rings (SSSR count). The second kappa shape index (κ2) is 7.85. The molecule has 3 nitrogen and oxygen atoms in total. The van der Waals surface area contributed by atoms with Crippen molar-refractivity contribution in [3.05, 3.63) is 23.8 Å². The summed E-state index contributed by atoms with van der Waals surface area (Å²) in [6, 6.07) is 0. The molecule has 0 aromatic rings. The lowest BCUT2D eigenvalue weighted by molar-refractivity contribution is -0.153. The lowest BCUT2D eigenvalue weighted by Crippen LogP contribution is -2.13. The van der Waals surface area contributed by atoms with Crippen LogP contribution < -0.4 is 0 Å². The molecule has 0 atom stereocenters. The summed E-state index contributed by atoms with van der Waals surface area (Å²) in [6.07, 6.45) is 5.99. The van der Waals surface area contributed by atoms with Gasteiger partial charge >= 0.3 is 11.9 Å². The largest absolute Gasteiger partial charge is 0.386 e.